The second kappa shape index (κ2) is 5.20. The lowest BCUT2D eigenvalue weighted by Crippen LogP contribution is -2.48. The van der Waals surface area contributed by atoms with Gasteiger partial charge in [0.25, 0.3) is 0 Å². The largest absolute Gasteiger partial charge is 0.346 e. The van der Waals surface area contributed by atoms with Crippen molar-refractivity contribution in [2.45, 2.75) is 26.3 Å². The summed E-state index contributed by atoms with van der Waals surface area (Å²) in [7, 11) is 0. The molecule has 0 aliphatic carbocycles. The van der Waals surface area contributed by atoms with Gasteiger partial charge < -0.3 is 4.90 Å². The molecule has 19 heavy (non-hydrogen) atoms. The fourth-order valence-electron chi connectivity index (χ4n) is 2.13. The van der Waals surface area contributed by atoms with Gasteiger partial charge in [-0.2, -0.15) is 5.10 Å². The zero-order valence-corrected chi connectivity index (χ0v) is 13.4. The molecule has 0 atom stereocenters. The molecule has 1 saturated heterocycles. The number of aromatic nitrogens is 4. The minimum absolute atomic E-state index is 0.463. The highest BCUT2D eigenvalue weighted by atomic mass is 79.9. The molecule has 0 radical (unpaired) electrons. The molecule has 0 unspecified atom stereocenters. The maximum absolute atomic E-state index is 4.29. The van der Waals surface area contributed by atoms with Crippen molar-refractivity contribution >= 4 is 32.4 Å². The monoisotopic (exact) mass is 341 g/mol. The van der Waals surface area contributed by atoms with E-state index >= 15 is 0 Å². The van der Waals surface area contributed by atoms with Crippen LogP contribution < -0.4 is 4.90 Å². The third kappa shape index (κ3) is 2.81. The minimum atomic E-state index is 0.463. The second-order valence-corrected chi connectivity index (χ2v) is 7.13. The van der Waals surface area contributed by atoms with E-state index in [4.69, 9.17) is 0 Å². The second-order valence-electron chi connectivity index (χ2n) is 5.23. The highest BCUT2D eigenvalue weighted by Gasteiger charge is 2.29. The van der Waals surface area contributed by atoms with Gasteiger partial charge in [0.05, 0.1) is 10.7 Å². The first-order valence-electron chi connectivity index (χ1n) is 6.38. The zero-order valence-electron chi connectivity index (χ0n) is 11.0. The van der Waals surface area contributed by atoms with Crippen LogP contribution in [-0.4, -0.2) is 33.1 Å². The molecule has 3 rings (SSSR count). The molecule has 5 nitrogen and oxygen atoms in total. The minimum Gasteiger partial charge on any atom is -0.346 e. The third-order valence-corrected chi connectivity index (χ3v) is 4.89. The van der Waals surface area contributed by atoms with E-state index in [0.717, 1.165) is 34.2 Å². The van der Waals surface area contributed by atoms with Crippen molar-refractivity contribution < 1.29 is 0 Å². The van der Waals surface area contributed by atoms with E-state index in [1.807, 2.05) is 17.1 Å². The van der Waals surface area contributed by atoms with Crippen LogP contribution in [0.4, 0.5) is 5.13 Å². The van der Waals surface area contributed by atoms with E-state index in [9.17, 15) is 0 Å². The van der Waals surface area contributed by atoms with E-state index in [-0.39, 0.29) is 0 Å². The fraction of sp³-hybridized carbons (Fsp3) is 0.583. The van der Waals surface area contributed by atoms with Gasteiger partial charge in [-0.25, -0.2) is 0 Å². The van der Waals surface area contributed by atoms with Crippen LogP contribution in [0.15, 0.2) is 16.9 Å². The molecule has 1 fully saturated rings. The summed E-state index contributed by atoms with van der Waals surface area (Å²) in [6.07, 6.45) is 3.85. The number of halogens is 1. The van der Waals surface area contributed by atoms with Crippen LogP contribution in [0.25, 0.3) is 0 Å². The molecular weight excluding hydrogens is 326 g/mol. The number of hydrogen-bond donors (Lipinski definition) is 0. The molecule has 1 aliphatic rings. The Hall–Kier alpha value is -0.950. The lowest BCUT2D eigenvalue weighted by atomic mass is 10.0. The van der Waals surface area contributed by atoms with Gasteiger partial charge in [0.2, 0.25) is 5.13 Å². The fourth-order valence-corrected chi connectivity index (χ4v) is 3.32. The Balaban J connectivity index is 1.54. The van der Waals surface area contributed by atoms with Crippen molar-refractivity contribution in [3.63, 3.8) is 0 Å². The summed E-state index contributed by atoms with van der Waals surface area (Å²) in [4.78, 5) is 2.30. The van der Waals surface area contributed by atoms with Crippen molar-refractivity contribution in [2.75, 3.05) is 18.0 Å². The molecule has 2 aromatic rings. The van der Waals surface area contributed by atoms with Crippen LogP contribution in [0.5, 0.6) is 0 Å². The Bertz CT molecular complexity index is 558. The van der Waals surface area contributed by atoms with Crippen LogP contribution in [0.1, 0.15) is 24.8 Å². The number of anilines is 1. The summed E-state index contributed by atoms with van der Waals surface area (Å²) in [5.41, 5.74) is 0. The Morgan fingerprint density at radius 3 is 2.79 bits per heavy atom. The Morgan fingerprint density at radius 1 is 1.42 bits per heavy atom. The molecule has 1 aliphatic heterocycles. The van der Waals surface area contributed by atoms with E-state index < -0.39 is 0 Å². The quantitative estimate of drug-likeness (QED) is 0.857. The van der Waals surface area contributed by atoms with Gasteiger partial charge in [-0.05, 0) is 15.9 Å². The molecule has 0 spiro atoms. The van der Waals surface area contributed by atoms with Crippen molar-refractivity contribution in [1.29, 1.82) is 0 Å². The summed E-state index contributed by atoms with van der Waals surface area (Å²) in [6, 6.07) is 0. The van der Waals surface area contributed by atoms with Crippen molar-refractivity contribution in [3.8, 4) is 0 Å². The van der Waals surface area contributed by atoms with Crippen molar-refractivity contribution in [3.05, 3.63) is 21.9 Å². The van der Waals surface area contributed by atoms with E-state index in [1.165, 1.54) is 0 Å². The maximum atomic E-state index is 4.29. The predicted molar refractivity (Wildman–Crippen MR) is 79.6 cm³/mol. The van der Waals surface area contributed by atoms with Gasteiger partial charge in [-0.1, -0.05) is 25.2 Å². The molecule has 2 aromatic heterocycles. The summed E-state index contributed by atoms with van der Waals surface area (Å²) in [5.74, 6) is 1.11. The number of nitrogens with zero attached hydrogens (tertiary/aromatic N) is 5. The van der Waals surface area contributed by atoms with Crippen LogP contribution >= 0.6 is 27.3 Å². The molecule has 0 N–H and O–H groups in total. The molecule has 102 valence electrons. The van der Waals surface area contributed by atoms with Crippen LogP contribution in [0, 0.1) is 5.92 Å². The van der Waals surface area contributed by atoms with Crippen LogP contribution in [0.3, 0.4) is 0 Å². The Morgan fingerprint density at radius 2 is 2.21 bits per heavy atom. The lowest BCUT2D eigenvalue weighted by Gasteiger charge is -2.38. The van der Waals surface area contributed by atoms with Gasteiger partial charge in [-0.15, -0.1) is 10.2 Å². The van der Waals surface area contributed by atoms with Crippen molar-refractivity contribution in [2.24, 2.45) is 5.92 Å². The van der Waals surface area contributed by atoms with E-state index in [2.05, 4.69) is 50.0 Å². The lowest BCUT2D eigenvalue weighted by molar-refractivity contribution is 0.341. The van der Waals surface area contributed by atoms with Crippen LogP contribution in [0.2, 0.25) is 0 Å². The first kappa shape index (κ1) is 13.1. The molecule has 0 saturated carbocycles. The van der Waals surface area contributed by atoms with Gasteiger partial charge >= 0.3 is 0 Å². The highest BCUT2D eigenvalue weighted by Crippen LogP contribution is 2.30. The number of rotatable bonds is 4. The number of hydrogen-bond acceptors (Lipinski definition) is 5. The molecule has 0 amide bonds. The average molecular weight is 342 g/mol. The van der Waals surface area contributed by atoms with Crippen LogP contribution in [-0.2, 0) is 6.54 Å². The van der Waals surface area contributed by atoms with Gasteiger partial charge in [0, 0.05) is 37.7 Å². The molecule has 0 aromatic carbocycles. The standard InChI is InChI=1S/C12H16BrN5S/c1-8(2)11-15-16-12(19-11)17-4-9(5-17)6-18-7-10(13)3-14-18/h3,7-9H,4-6H2,1-2H3. The first-order valence-corrected chi connectivity index (χ1v) is 7.99. The third-order valence-electron chi connectivity index (χ3n) is 3.20. The maximum Gasteiger partial charge on any atom is 0.208 e. The predicted octanol–water partition coefficient (Wildman–Crippen LogP) is 2.76. The molecule has 0 bridgehead atoms. The smallest absolute Gasteiger partial charge is 0.208 e. The summed E-state index contributed by atoms with van der Waals surface area (Å²) in [6.45, 7) is 7.36. The highest BCUT2D eigenvalue weighted by molar-refractivity contribution is 9.10. The topological polar surface area (TPSA) is 46.8 Å². The van der Waals surface area contributed by atoms with Gasteiger partial charge in [0.15, 0.2) is 0 Å². The van der Waals surface area contributed by atoms with Gasteiger partial charge in [0.1, 0.15) is 5.01 Å². The summed E-state index contributed by atoms with van der Waals surface area (Å²) < 4.78 is 3.03. The first-order chi connectivity index (χ1) is 9.11. The summed E-state index contributed by atoms with van der Waals surface area (Å²) >= 11 is 5.13. The van der Waals surface area contributed by atoms with Crippen molar-refractivity contribution in [1.82, 2.24) is 20.0 Å². The zero-order chi connectivity index (χ0) is 13.4. The molecule has 3 heterocycles. The molecular formula is C12H16BrN5S. The van der Waals surface area contributed by atoms with E-state index in [0.29, 0.717) is 11.8 Å². The van der Waals surface area contributed by atoms with Gasteiger partial charge in [-0.3, -0.25) is 4.68 Å². The Labute approximate surface area is 124 Å². The summed E-state index contributed by atoms with van der Waals surface area (Å²) in [5, 5.41) is 15.0. The normalized spacial score (nSPS) is 16.1. The Kier molecular flexibility index (Phi) is 3.58. The van der Waals surface area contributed by atoms with E-state index in [1.54, 1.807) is 11.3 Å². The molecule has 7 heteroatoms. The SMILES string of the molecule is CC(C)c1nnc(N2CC(Cn3cc(Br)cn3)C2)s1. The average Bonchev–Trinajstić information content (AvgIpc) is 2.91.